The summed E-state index contributed by atoms with van der Waals surface area (Å²) in [6.45, 7) is 3.30. The van der Waals surface area contributed by atoms with Crippen LogP contribution in [0.5, 0.6) is 5.75 Å². The quantitative estimate of drug-likeness (QED) is 0.651. The highest BCUT2D eigenvalue weighted by molar-refractivity contribution is 5.63. The van der Waals surface area contributed by atoms with Gasteiger partial charge in [-0.3, -0.25) is 0 Å². The molecule has 0 unspecified atom stereocenters. The van der Waals surface area contributed by atoms with Gasteiger partial charge in [0.05, 0.1) is 7.11 Å². The number of rotatable bonds is 5. The van der Waals surface area contributed by atoms with Gasteiger partial charge < -0.3 is 9.30 Å². The normalized spacial score (nSPS) is 13.5. The van der Waals surface area contributed by atoms with Gasteiger partial charge in [-0.05, 0) is 61.8 Å². The Morgan fingerprint density at radius 1 is 1.04 bits per heavy atom. The molecule has 3 aromatic rings. The van der Waals surface area contributed by atoms with Gasteiger partial charge in [0.2, 0.25) is 0 Å². The molecule has 134 valence electrons. The highest BCUT2D eigenvalue weighted by atomic mass is 16.5. The molecule has 3 heteroatoms. The van der Waals surface area contributed by atoms with Crippen molar-refractivity contribution >= 4 is 0 Å². The average Bonchev–Trinajstić information content (AvgIpc) is 3.11. The molecule has 1 aromatic heterocycles. The number of fused-ring (bicyclic) bond motifs is 1. The highest BCUT2D eigenvalue weighted by Crippen LogP contribution is 2.30. The van der Waals surface area contributed by atoms with Crippen LogP contribution in [0.25, 0.3) is 11.4 Å². The van der Waals surface area contributed by atoms with Crippen molar-refractivity contribution < 1.29 is 4.74 Å². The van der Waals surface area contributed by atoms with Crippen LogP contribution in [-0.4, -0.2) is 16.7 Å². The Hall–Kier alpha value is -2.55. The first-order valence-electron chi connectivity index (χ1n) is 9.53. The van der Waals surface area contributed by atoms with Gasteiger partial charge in [0.1, 0.15) is 11.6 Å². The zero-order chi connectivity index (χ0) is 17.9. The minimum absolute atomic E-state index is 0.968. The molecule has 0 N–H and O–H groups in total. The molecule has 4 rings (SSSR count). The van der Waals surface area contributed by atoms with E-state index in [0.29, 0.717) is 0 Å². The van der Waals surface area contributed by atoms with Crippen molar-refractivity contribution in [1.82, 2.24) is 9.55 Å². The summed E-state index contributed by atoms with van der Waals surface area (Å²) in [5, 5.41) is 0. The monoisotopic (exact) mass is 346 g/mol. The molecule has 1 aliphatic rings. The maximum absolute atomic E-state index is 5.52. The lowest BCUT2D eigenvalue weighted by Crippen LogP contribution is -2.11. The zero-order valence-electron chi connectivity index (χ0n) is 15.7. The first kappa shape index (κ1) is 16.9. The molecule has 2 heterocycles. The molecule has 2 aromatic carbocycles. The molecule has 1 aliphatic heterocycles. The Morgan fingerprint density at radius 2 is 1.92 bits per heavy atom. The minimum Gasteiger partial charge on any atom is -0.496 e. The molecule has 0 saturated heterocycles. The second-order valence-electron chi connectivity index (χ2n) is 7.09. The van der Waals surface area contributed by atoms with Crippen LogP contribution in [0.2, 0.25) is 0 Å². The molecule has 0 bridgehead atoms. The summed E-state index contributed by atoms with van der Waals surface area (Å²) in [6.07, 6.45) is 7.70. The third-order valence-corrected chi connectivity index (χ3v) is 5.49. The Kier molecular flexibility index (Phi) is 4.79. The van der Waals surface area contributed by atoms with E-state index in [1.165, 1.54) is 40.8 Å². The van der Waals surface area contributed by atoms with Crippen LogP contribution in [0.3, 0.4) is 0 Å². The molecule has 0 aliphatic carbocycles. The highest BCUT2D eigenvalue weighted by Gasteiger charge is 2.18. The van der Waals surface area contributed by atoms with Crippen molar-refractivity contribution in [2.75, 3.05) is 7.11 Å². The van der Waals surface area contributed by atoms with E-state index < -0.39 is 0 Å². The lowest BCUT2D eigenvalue weighted by Gasteiger charge is -2.19. The van der Waals surface area contributed by atoms with Crippen LogP contribution >= 0.6 is 0 Å². The van der Waals surface area contributed by atoms with Gasteiger partial charge in [-0.2, -0.15) is 0 Å². The maximum atomic E-state index is 5.52. The van der Waals surface area contributed by atoms with Crippen molar-refractivity contribution in [3.63, 3.8) is 0 Å². The van der Waals surface area contributed by atoms with Crippen LogP contribution in [-0.2, 0) is 25.8 Å². The predicted octanol–water partition coefficient (Wildman–Crippen LogP) is 4.99. The summed E-state index contributed by atoms with van der Waals surface area (Å²) in [5.74, 6) is 2.11. The lowest BCUT2D eigenvalue weighted by atomic mass is 9.94. The fourth-order valence-corrected chi connectivity index (χ4v) is 4.06. The summed E-state index contributed by atoms with van der Waals surface area (Å²) in [4.78, 5) is 4.80. The minimum atomic E-state index is 0.968. The average molecular weight is 346 g/mol. The number of methoxy groups -OCH3 is 1. The van der Waals surface area contributed by atoms with Gasteiger partial charge in [0.15, 0.2) is 0 Å². The fourth-order valence-electron chi connectivity index (χ4n) is 4.06. The Balaban J connectivity index is 1.68. The number of aryl methyl sites for hydroxylation is 3. The molecule has 0 atom stereocenters. The second kappa shape index (κ2) is 7.36. The van der Waals surface area contributed by atoms with E-state index in [1.807, 2.05) is 12.1 Å². The number of ether oxygens (including phenoxy) is 1. The van der Waals surface area contributed by atoms with Crippen molar-refractivity contribution in [2.24, 2.45) is 0 Å². The van der Waals surface area contributed by atoms with Crippen LogP contribution < -0.4 is 4.74 Å². The number of hydrogen-bond donors (Lipinski definition) is 0. The molecule has 0 spiro atoms. The number of aromatic nitrogens is 2. The molecule has 3 nitrogen and oxygen atoms in total. The van der Waals surface area contributed by atoms with Crippen molar-refractivity contribution in [1.29, 1.82) is 0 Å². The number of imidazole rings is 1. The Labute approximate surface area is 155 Å². The molecular weight excluding hydrogens is 320 g/mol. The third kappa shape index (κ3) is 3.14. The van der Waals surface area contributed by atoms with E-state index in [1.54, 1.807) is 7.11 Å². The summed E-state index contributed by atoms with van der Waals surface area (Å²) in [6, 6.07) is 14.9. The summed E-state index contributed by atoms with van der Waals surface area (Å²) in [5.41, 5.74) is 6.66. The number of benzene rings is 2. The van der Waals surface area contributed by atoms with Gasteiger partial charge in [-0.15, -0.1) is 0 Å². The third-order valence-electron chi connectivity index (χ3n) is 5.49. The number of hydrogen-bond acceptors (Lipinski definition) is 2. The van der Waals surface area contributed by atoms with E-state index in [9.17, 15) is 0 Å². The summed E-state index contributed by atoms with van der Waals surface area (Å²) >= 11 is 0. The van der Waals surface area contributed by atoms with Gasteiger partial charge >= 0.3 is 0 Å². The zero-order valence-corrected chi connectivity index (χ0v) is 15.7. The Bertz CT molecular complexity index is 910. The van der Waals surface area contributed by atoms with Crippen molar-refractivity contribution in [2.45, 2.75) is 45.6 Å². The van der Waals surface area contributed by atoms with E-state index in [0.717, 1.165) is 37.4 Å². The Morgan fingerprint density at radius 3 is 2.81 bits per heavy atom. The maximum Gasteiger partial charge on any atom is 0.140 e. The topological polar surface area (TPSA) is 27.1 Å². The summed E-state index contributed by atoms with van der Waals surface area (Å²) < 4.78 is 7.95. The largest absolute Gasteiger partial charge is 0.496 e. The second-order valence-corrected chi connectivity index (χ2v) is 7.09. The molecule has 0 amide bonds. The smallest absolute Gasteiger partial charge is 0.140 e. The van der Waals surface area contributed by atoms with E-state index in [4.69, 9.17) is 9.72 Å². The molecular formula is C23H26N2O. The standard InChI is InChI=1S/C23H26N2O/c1-17-8-7-11-21(23-24-16-19-10-5-6-15-25(19)23)20(17)14-13-18-9-3-4-12-22(18)26-2/h3-4,7-9,11-12,16H,5-6,10,13-15H2,1-2H3. The number of nitrogens with zero attached hydrogens (tertiary/aromatic N) is 2. The molecule has 0 fully saturated rings. The van der Waals surface area contributed by atoms with Crippen LogP contribution in [0.15, 0.2) is 48.7 Å². The fraction of sp³-hybridized carbons (Fsp3) is 0.348. The molecule has 0 radical (unpaired) electrons. The van der Waals surface area contributed by atoms with E-state index in [2.05, 4.69) is 48.0 Å². The molecule has 26 heavy (non-hydrogen) atoms. The van der Waals surface area contributed by atoms with Crippen LogP contribution in [0.4, 0.5) is 0 Å². The predicted molar refractivity (Wildman–Crippen MR) is 106 cm³/mol. The van der Waals surface area contributed by atoms with Gasteiger partial charge in [-0.25, -0.2) is 4.98 Å². The van der Waals surface area contributed by atoms with E-state index in [-0.39, 0.29) is 0 Å². The first-order chi connectivity index (χ1) is 12.8. The van der Waals surface area contributed by atoms with Crippen molar-refractivity contribution in [3.8, 4) is 17.1 Å². The van der Waals surface area contributed by atoms with Crippen LogP contribution in [0, 0.1) is 6.92 Å². The lowest BCUT2D eigenvalue weighted by molar-refractivity contribution is 0.409. The summed E-state index contributed by atoms with van der Waals surface area (Å²) in [7, 11) is 1.74. The SMILES string of the molecule is COc1ccccc1CCc1c(C)cccc1-c1ncc2n1CCCC2. The van der Waals surface area contributed by atoms with Gasteiger partial charge in [-0.1, -0.05) is 36.4 Å². The molecule has 0 saturated carbocycles. The first-order valence-corrected chi connectivity index (χ1v) is 9.53. The van der Waals surface area contributed by atoms with Crippen molar-refractivity contribution in [3.05, 3.63) is 71.0 Å². The van der Waals surface area contributed by atoms with Gasteiger partial charge in [0.25, 0.3) is 0 Å². The van der Waals surface area contributed by atoms with E-state index >= 15 is 0 Å². The number of para-hydroxylation sites is 1. The van der Waals surface area contributed by atoms with Crippen LogP contribution in [0.1, 0.15) is 35.2 Å². The van der Waals surface area contributed by atoms with Gasteiger partial charge in [0, 0.05) is 24.0 Å².